The molecule has 1 aliphatic heterocycles. The first-order valence-corrected chi connectivity index (χ1v) is 6.32. The van der Waals surface area contributed by atoms with E-state index in [1.54, 1.807) is 17.3 Å². The zero-order valence-corrected chi connectivity index (χ0v) is 11.0. The van der Waals surface area contributed by atoms with Crippen LogP contribution in [0.25, 0.3) is 0 Å². The summed E-state index contributed by atoms with van der Waals surface area (Å²) in [5.41, 5.74) is 0. The van der Waals surface area contributed by atoms with Gasteiger partial charge >= 0.3 is 0 Å². The molecule has 0 aliphatic carbocycles. The van der Waals surface area contributed by atoms with Gasteiger partial charge in [0.1, 0.15) is 11.9 Å². The average molecular weight is 263 g/mol. The molecule has 0 radical (unpaired) electrons. The number of rotatable bonds is 4. The molecule has 1 aromatic heterocycles. The van der Waals surface area contributed by atoms with Gasteiger partial charge < -0.3 is 10.2 Å². The molecule has 0 aromatic carbocycles. The molecule has 2 amide bonds. The van der Waals surface area contributed by atoms with Crippen LogP contribution >= 0.6 is 0 Å². The Balaban J connectivity index is 2.29. The minimum absolute atomic E-state index is 0.120. The minimum atomic E-state index is -0.385. The van der Waals surface area contributed by atoms with Crippen LogP contribution < -0.4 is 15.5 Å². The molecule has 1 saturated heterocycles. The number of aromatic nitrogens is 2. The fourth-order valence-electron chi connectivity index (χ4n) is 2.07. The number of hydrogen-bond donors (Lipinski definition) is 2. The molecule has 2 heterocycles. The summed E-state index contributed by atoms with van der Waals surface area (Å²) in [5.74, 6) is 0.571. The topological polar surface area (TPSA) is 87.2 Å². The van der Waals surface area contributed by atoms with Crippen molar-refractivity contribution in [3.8, 4) is 0 Å². The molecule has 0 spiro atoms. The number of imide groups is 1. The van der Waals surface area contributed by atoms with Gasteiger partial charge in [-0.2, -0.15) is 0 Å². The van der Waals surface area contributed by atoms with Crippen LogP contribution in [-0.2, 0) is 9.59 Å². The first kappa shape index (κ1) is 13.3. The van der Waals surface area contributed by atoms with E-state index in [9.17, 15) is 9.59 Å². The van der Waals surface area contributed by atoms with E-state index in [4.69, 9.17) is 0 Å². The second kappa shape index (κ2) is 5.64. The number of amides is 2. The van der Waals surface area contributed by atoms with E-state index in [-0.39, 0.29) is 24.4 Å². The quantitative estimate of drug-likeness (QED) is 0.752. The molecule has 7 nitrogen and oxygen atoms in total. The molecular weight excluding hydrogens is 246 g/mol. The van der Waals surface area contributed by atoms with E-state index in [0.29, 0.717) is 18.1 Å². The lowest BCUT2D eigenvalue weighted by Crippen LogP contribution is -2.58. The maximum absolute atomic E-state index is 11.8. The summed E-state index contributed by atoms with van der Waals surface area (Å²) in [6.07, 6.45) is 3.78. The van der Waals surface area contributed by atoms with Crippen molar-refractivity contribution in [2.75, 3.05) is 23.3 Å². The van der Waals surface area contributed by atoms with Gasteiger partial charge in [-0.05, 0) is 13.3 Å². The second-order valence-electron chi connectivity index (χ2n) is 4.26. The predicted molar refractivity (Wildman–Crippen MR) is 70.8 cm³/mol. The Hall–Kier alpha value is -2.18. The highest BCUT2D eigenvalue weighted by Crippen LogP contribution is 2.19. The average Bonchev–Trinajstić information content (AvgIpc) is 2.38. The van der Waals surface area contributed by atoms with Crippen LogP contribution in [0.5, 0.6) is 0 Å². The lowest BCUT2D eigenvalue weighted by Gasteiger charge is -2.34. The molecule has 1 atom stereocenters. The van der Waals surface area contributed by atoms with Crippen molar-refractivity contribution in [2.24, 2.45) is 0 Å². The van der Waals surface area contributed by atoms with Crippen LogP contribution in [0.2, 0.25) is 0 Å². The van der Waals surface area contributed by atoms with E-state index in [1.165, 1.54) is 0 Å². The first-order chi connectivity index (χ1) is 9.15. The SMILES string of the molecule is CCNc1cncc(N2CC(=O)NC(=O)C2CC)n1. The predicted octanol–water partition coefficient (Wildman–Crippen LogP) is 0.150. The molecule has 2 N–H and O–H groups in total. The van der Waals surface area contributed by atoms with Gasteiger partial charge in [0, 0.05) is 6.54 Å². The van der Waals surface area contributed by atoms with Gasteiger partial charge in [0.2, 0.25) is 11.8 Å². The zero-order chi connectivity index (χ0) is 13.8. The molecular formula is C12H17N5O2. The Morgan fingerprint density at radius 2 is 2.21 bits per heavy atom. The standard InChI is InChI=1S/C12H17N5O2/c1-3-8-12(19)16-11(18)7-17(8)10-6-13-5-9(15-10)14-4-2/h5-6,8H,3-4,7H2,1-2H3,(H,14,15)(H,16,18,19). The van der Waals surface area contributed by atoms with Crippen molar-refractivity contribution >= 4 is 23.5 Å². The maximum Gasteiger partial charge on any atom is 0.249 e. The number of carbonyl (C=O) groups excluding carboxylic acids is 2. The molecule has 7 heteroatoms. The zero-order valence-electron chi connectivity index (χ0n) is 11.0. The molecule has 1 aliphatic rings. The normalized spacial score (nSPS) is 19.3. The highest BCUT2D eigenvalue weighted by atomic mass is 16.2. The molecule has 0 saturated carbocycles. The molecule has 1 fully saturated rings. The third-order valence-electron chi connectivity index (χ3n) is 2.92. The van der Waals surface area contributed by atoms with Gasteiger partial charge in [0.25, 0.3) is 0 Å². The van der Waals surface area contributed by atoms with Gasteiger partial charge in [-0.25, -0.2) is 4.98 Å². The van der Waals surface area contributed by atoms with Crippen molar-refractivity contribution in [3.05, 3.63) is 12.4 Å². The van der Waals surface area contributed by atoms with E-state index in [0.717, 1.165) is 6.54 Å². The van der Waals surface area contributed by atoms with Crippen molar-refractivity contribution in [1.29, 1.82) is 0 Å². The lowest BCUT2D eigenvalue weighted by molar-refractivity contribution is -0.132. The van der Waals surface area contributed by atoms with Gasteiger partial charge in [-0.1, -0.05) is 6.92 Å². The van der Waals surface area contributed by atoms with Crippen LogP contribution in [0.4, 0.5) is 11.6 Å². The molecule has 102 valence electrons. The Labute approximate surface area is 111 Å². The smallest absolute Gasteiger partial charge is 0.249 e. The molecule has 2 rings (SSSR count). The van der Waals surface area contributed by atoms with E-state index in [2.05, 4.69) is 20.6 Å². The lowest BCUT2D eigenvalue weighted by atomic mass is 10.1. The van der Waals surface area contributed by atoms with Crippen molar-refractivity contribution < 1.29 is 9.59 Å². The van der Waals surface area contributed by atoms with Gasteiger partial charge in [0.15, 0.2) is 5.82 Å². The summed E-state index contributed by atoms with van der Waals surface area (Å²) in [6.45, 7) is 4.71. The van der Waals surface area contributed by atoms with Crippen LogP contribution in [0, 0.1) is 0 Å². The Kier molecular flexibility index (Phi) is 3.94. The maximum atomic E-state index is 11.8. The molecule has 19 heavy (non-hydrogen) atoms. The number of anilines is 2. The number of nitrogens with one attached hydrogen (secondary N) is 2. The summed E-state index contributed by atoms with van der Waals surface area (Å²) < 4.78 is 0. The van der Waals surface area contributed by atoms with E-state index in [1.807, 2.05) is 13.8 Å². The van der Waals surface area contributed by atoms with Gasteiger partial charge in [-0.3, -0.25) is 19.9 Å². The first-order valence-electron chi connectivity index (χ1n) is 6.32. The molecule has 0 bridgehead atoms. The Morgan fingerprint density at radius 3 is 2.89 bits per heavy atom. The van der Waals surface area contributed by atoms with Gasteiger partial charge in [-0.15, -0.1) is 0 Å². The van der Waals surface area contributed by atoms with Crippen LogP contribution in [0.15, 0.2) is 12.4 Å². The van der Waals surface area contributed by atoms with Crippen LogP contribution in [-0.4, -0.2) is 40.9 Å². The third-order valence-corrected chi connectivity index (χ3v) is 2.92. The van der Waals surface area contributed by atoms with Crippen LogP contribution in [0.3, 0.4) is 0 Å². The fraction of sp³-hybridized carbons (Fsp3) is 0.500. The Morgan fingerprint density at radius 1 is 1.42 bits per heavy atom. The van der Waals surface area contributed by atoms with Crippen molar-refractivity contribution in [1.82, 2.24) is 15.3 Å². The largest absolute Gasteiger partial charge is 0.369 e. The number of carbonyl (C=O) groups is 2. The second-order valence-corrected chi connectivity index (χ2v) is 4.26. The van der Waals surface area contributed by atoms with Crippen molar-refractivity contribution in [2.45, 2.75) is 26.3 Å². The summed E-state index contributed by atoms with van der Waals surface area (Å²) in [4.78, 5) is 33.4. The summed E-state index contributed by atoms with van der Waals surface area (Å²) in [5, 5.41) is 5.39. The minimum Gasteiger partial charge on any atom is -0.369 e. The number of hydrogen-bond acceptors (Lipinski definition) is 6. The van der Waals surface area contributed by atoms with E-state index < -0.39 is 0 Å². The highest BCUT2D eigenvalue weighted by molar-refractivity contribution is 6.04. The number of nitrogens with zero attached hydrogens (tertiary/aromatic N) is 3. The molecule has 1 unspecified atom stereocenters. The summed E-state index contributed by atoms with van der Waals surface area (Å²) in [7, 11) is 0. The fourth-order valence-corrected chi connectivity index (χ4v) is 2.07. The summed E-state index contributed by atoms with van der Waals surface area (Å²) in [6, 6.07) is -0.385. The van der Waals surface area contributed by atoms with Crippen molar-refractivity contribution in [3.63, 3.8) is 0 Å². The van der Waals surface area contributed by atoms with Gasteiger partial charge in [0.05, 0.1) is 18.9 Å². The number of piperazine rings is 1. The Bertz CT molecular complexity index is 491. The van der Waals surface area contributed by atoms with E-state index >= 15 is 0 Å². The monoisotopic (exact) mass is 263 g/mol. The highest BCUT2D eigenvalue weighted by Gasteiger charge is 2.33. The molecule has 1 aromatic rings. The third kappa shape index (κ3) is 2.81. The van der Waals surface area contributed by atoms with Crippen LogP contribution in [0.1, 0.15) is 20.3 Å². The summed E-state index contributed by atoms with van der Waals surface area (Å²) >= 11 is 0.